The fourth-order valence-corrected chi connectivity index (χ4v) is 4.19. The quantitative estimate of drug-likeness (QED) is 0.410. The summed E-state index contributed by atoms with van der Waals surface area (Å²) in [4.78, 5) is 49.4. The number of halogens is 1. The van der Waals surface area contributed by atoms with Gasteiger partial charge in [0.1, 0.15) is 23.7 Å². The van der Waals surface area contributed by atoms with Crippen molar-refractivity contribution in [3.05, 3.63) is 46.1 Å². The topological polar surface area (TPSA) is 116 Å². The first-order valence-corrected chi connectivity index (χ1v) is 9.73. The first kappa shape index (κ1) is 20.4. The van der Waals surface area contributed by atoms with Crippen LogP contribution in [-0.4, -0.2) is 58.9 Å². The van der Waals surface area contributed by atoms with Gasteiger partial charge in [-0.1, -0.05) is 11.6 Å². The second-order valence-electron chi connectivity index (χ2n) is 6.17. The number of β-lactam (4-membered cyclic amide) rings is 1. The number of fused-ring (bicyclic) bond motifs is 1. The number of nitrogens with zero attached hydrogens (tertiary/aromatic N) is 1. The van der Waals surface area contributed by atoms with Crippen LogP contribution in [0.1, 0.15) is 17.3 Å². The molecule has 28 heavy (non-hydrogen) atoms. The Balaban J connectivity index is 1.75. The third-order valence-corrected chi connectivity index (χ3v) is 5.84. The Morgan fingerprint density at radius 1 is 1.25 bits per heavy atom. The van der Waals surface area contributed by atoms with Gasteiger partial charge in [-0.2, -0.15) is 0 Å². The number of amides is 1. The Morgan fingerprint density at radius 2 is 1.93 bits per heavy atom. The molecule has 0 aromatic heterocycles. The lowest BCUT2D eigenvalue weighted by molar-refractivity contribution is -0.150. The highest BCUT2D eigenvalue weighted by molar-refractivity contribution is 8.00. The Hall–Kier alpha value is -2.36. The van der Waals surface area contributed by atoms with Crippen LogP contribution in [0.5, 0.6) is 0 Å². The normalized spacial score (nSPS) is 21.0. The van der Waals surface area contributed by atoms with Gasteiger partial charge in [0.2, 0.25) is 5.91 Å². The average Bonchev–Trinajstić information content (AvgIpc) is 2.69. The van der Waals surface area contributed by atoms with Crippen molar-refractivity contribution in [3.8, 4) is 0 Å². The molecule has 8 nitrogen and oxygen atoms in total. The molecule has 0 spiro atoms. The maximum Gasteiger partial charge on any atom is 0.355 e. The van der Waals surface area contributed by atoms with E-state index in [0.717, 1.165) is 0 Å². The largest absolute Gasteiger partial charge is 0.461 e. The fourth-order valence-electron chi connectivity index (χ4n) is 2.79. The van der Waals surface area contributed by atoms with E-state index in [2.05, 4.69) is 0 Å². The predicted octanol–water partition coefficient (Wildman–Crippen LogP) is 1.13. The summed E-state index contributed by atoms with van der Waals surface area (Å²) in [5.74, 6) is -1.84. The molecule has 1 saturated heterocycles. The van der Waals surface area contributed by atoms with Gasteiger partial charge >= 0.3 is 11.9 Å². The summed E-state index contributed by atoms with van der Waals surface area (Å²) in [6, 6.07) is 5.45. The molecule has 2 aliphatic heterocycles. The van der Waals surface area contributed by atoms with Crippen LogP contribution in [-0.2, 0) is 23.9 Å². The first-order chi connectivity index (χ1) is 13.3. The minimum Gasteiger partial charge on any atom is -0.461 e. The summed E-state index contributed by atoms with van der Waals surface area (Å²) in [5.41, 5.74) is 6.54. The van der Waals surface area contributed by atoms with E-state index in [1.54, 1.807) is 12.1 Å². The van der Waals surface area contributed by atoms with E-state index in [1.807, 2.05) is 0 Å². The van der Waals surface area contributed by atoms with Crippen molar-refractivity contribution >= 4 is 47.0 Å². The summed E-state index contributed by atoms with van der Waals surface area (Å²) in [6.07, 6.45) is 0. The minimum absolute atomic E-state index is 0.0133. The molecule has 1 unspecified atom stereocenters. The van der Waals surface area contributed by atoms with Crippen LogP contribution >= 0.6 is 23.4 Å². The van der Waals surface area contributed by atoms with Crippen molar-refractivity contribution in [1.82, 2.24) is 4.90 Å². The zero-order valence-electron chi connectivity index (χ0n) is 14.8. The lowest BCUT2D eigenvalue weighted by Crippen LogP contribution is -2.68. The number of rotatable bonds is 6. The second-order valence-corrected chi connectivity index (χ2v) is 7.72. The number of esters is 2. The van der Waals surface area contributed by atoms with Gasteiger partial charge in [0.15, 0.2) is 12.4 Å². The molecule has 2 heterocycles. The molecule has 1 aromatic rings. The van der Waals surface area contributed by atoms with Gasteiger partial charge in [-0.15, -0.1) is 11.8 Å². The van der Waals surface area contributed by atoms with E-state index in [-0.39, 0.29) is 17.7 Å². The van der Waals surface area contributed by atoms with E-state index in [4.69, 9.17) is 26.8 Å². The number of thioether (sulfide) groups is 1. The number of Topliss-reactive ketones (excluding diaryl/α,β-unsaturated/α-hetero) is 1. The van der Waals surface area contributed by atoms with Crippen molar-refractivity contribution < 1.29 is 28.7 Å². The molecule has 10 heteroatoms. The standard InChI is InChI=1S/C18H17ClN2O6S/c1-9(22)26-6-11-8-28-17-14(20)16(24)21(17)15(11)18(25)27-7-13(23)10-2-4-12(19)5-3-10/h2-5,14,17H,6-8,20H2,1H3/t14?,17-/m1/s1. The highest BCUT2D eigenvalue weighted by Crippen LogP contribution is 2.39. The molecule has 1 aromatic carbocycles. The summed E-state index contributed by atoms with van der Waals surface area (Å²) in [7, 11) is 0. The Bertz CT molecular complexity index is 869. The van der Waals surface area contributed by atoms with Gasteiger partial charge in [-0.05, 0) is 24.3 Å². The lowest BCUT2D eigenvalue weighted by Gasteiger charge is -2.48. The number of nitrogens with two attached hydrogens (primary N) is 1. The third-order valence-electron chi connectivity index (χ3n) is 4.23. The number of hydrogen-bond donors (Lipinski definition) is 1. The van der Waals surface area contributed by atoms with E-state index < -0.39 is 36.3 Å². The van der Waals surface area contributed by atoms with Crippen LogP contribution in [0.25, 0.3) is 0 Å². The van der Waals surface area contributed by atoms with Gasteiger partial charge in [-0.25, -0.2) is 4.79 Å². The molecule has 1 amide bonds. The molecule has 0 aliphatic carbocycles. The number of carbonyl (C=O) groups excluding carboxylic acids is 4. The monoisotopic (exact) mass is 424 g/mol. The van der Waals surface area contributed by atoms with E-state index in [1.165, 1.54) is 35.7 Å². The van der Waals surface area contributed by atoms with Crippen LogP contribution in [0.3, 0.4) is 0 Å². The number of carbonyl (C=O) groups is 4. The van der Waals surface area contributed by atoms with Crippen molar-refractivity contribution in [3.63, 3.8) is 0 Å². The number of benzene rings is 1. The second kappa shape index (κ2) is 8.34. The van der Waals surface area contributed by atoms with Crippen LogP contribution in [0.4, 0.5) is 0 Å². The van der Waals surface area contributed by atoms with Gasteiger partial charge < -0.3 is 15.2 Å². The zero-order valence-corrected chi connectivity index (χ0v) is 16.4. The van der Waals surface area contributed by atoms with Crippen molar-refractivity contribution in [2.45, 2.75) is 18.3 Å². The molecular weight excluding hydrogens is 408 g/mol. The van der Waals surface area contributed by atoms with E-state index >= 15 is 0 Å². The summed E-state index contributed by atoms with van der Waals surface area (Å²) in [6.45, 7) is 0.590. The SMILES string of the molecule is CC(=O)OCC1=C(C(=O)OCC(=O)c2ccc(Cl)cc2)N2C(=O)C(N)[C@H]2SC1. The molecule has 0 bridgehead atoms. The number of ether oxygens (including phenoxy) is 2. The summed E-state index contributed by atoms with van der Waals surface area (Å²) < 4.78 is 10.1. The Kier molecular flexibility index (Phi) is 6.07. The molecule has 3 rings (SSSR count). The van der Waals surface area contributed by atoms with Crippen molar-refractivity contribution in [2.24, 2.45) is 5.73 Å². The van der Waals surface area contributed by atoms with Crippen molar-refractivity contribution in [2.75, 3.05) is 19.0 Å². The lowest BCUT2D eigenvalue weighted by atomic mass is 10.0. The molecule has 0 radical (unpaired) electrons. The van der Waals surface area contributed by atoms with Crippen LogP contribution in [0.2, 0.25) is 5.02 Å². The van der Waals surface area contributed by atoms with Crippen LogP contribution in [0, 0.1) is 0 Å². The molecular formula is C18H17ClN2O6S. The number of ketones is 1. The maximum atomic E-state index is 12.6. The predicted molar refractivity (Wildman–Crippen MR) is 101 cm³/mol. The number of hydrogen-bond acceptors (Lipinski definition) is 8. The smallest absolute Gasteiger partial charge is 0.355 e. The molecule has 1 fully saturated rings. The van der Waals surface area contributed by atoms with Gasteiger partial charge in [0, 0.05) is 28.8 Å². The minimum atomic E-state index is -0.838. The van der Waals surface area contributed by atoms with Gasteiger partial charge in [-0.3, -0.25) is 19.3 Å². The summed E-state index contributed by atoms with van der Waals surface area (Å²) >= 11 is 7.16. The third kappa shape index (κ3) is 4.06. The summed E-state index contributed by atoms with van der Waals surface area (Å²) in [5, 5.41) is 0.0929. The molecule has 2 N–H and O–H groups in total. The first-order valence-electron chi connectivity index (χ1n) is 8.31. The Morgan fingerprint density at radius 3 is 2.57 bits per heavy atom. The molecule has 0 saturated carbocycles. The average molecular weight is 425 g/mol. The fraction of sp³-hybridized carbons (Fsp3) is 0.333. The molecule has 2 aliphatic rings. The highest BCUT2D eigenvalue weighted by atomic mass is 35.5. The highest BCUT2D eigenvalue weighted by Gasteiger charge is 2.52. The van der Waals surface area contributed by atoms with Gasteiger partial charge in [0.05, 0.1) is 0 Å². The zero-order chi connectivity index (χ0) is 20.4. The Labute approximate surface area is 170 Å². The van der Waals surface area contributed by atoms with Crippen LogP contribution < -0.4 is 5.73 Å². The molecule has 2 atom stereocenters. The van der Waals surface area contributed by atoms with Gasteiger partial charge in [0.25, 0.3) is 0 Å². The van der Waals surface area contributed by atoms with Crippen molar-refractivity contribution in [1.29, 1.82) is 0 Å². The van der Waals surface area contributed by atoms with E-state index in [9.17, 15) is 19.2 Å². The molecule has 148 valence electrons. The van der Waals surface area contributed by atoms with Crippen LogP contribution in [0.15, 0.2) is 35.5 Å². The maximum absolute atomic E-state index is 12.6. The van der Waals surface area contributed by atoms with E-state index in [0.29, 0.717) is 21.9 Å².